The number of carboxylic acids is 1. The summed E-state index contributed by atoms with van der Waals surface area (Å²) in [5, 5.41) is 8.77. The van der Waals surface area contributed by atoms with Gasteiger partial charge in [-0.25, -0.2) is 9.78 Å². The largest absolute Gasteiger partial charge is 0.486 e. The van der Waals surface area contributed by atoms with Gasteiger partial charge in [-0.3, -0.25) is 0 Å². The van der Waals surface area contributed by atoms with Gasteiger partial charge in [-0.2, -0.15) is 0 Å². The molecule has 6 nitrogen and oxygen atoms in total. The summed E-state index contributed by atoms with van der Waals surface area (Å²) in [7, 11) is 0. The van der Waals surface area contributed by atoms with Crippen molar-refractivity contribution in [2.45, 2.75) is 20.0 Å². The molecule has 3 rings (SSSR count). The zero-order valence-corrected chi connectivity index (χ0v) is 11.3. The zero-order valence-electron chi connectivity index (χ0n) is 11.3. The maximum Gasteiger partial charge on any atom is 0.371 e. The van der Waals surface area contributed by atoms with Gasteiger partial charge >= 0.3 is 5.97 Å². The average Bonchev–Trinajstić information content (AvgIpc) is 3.10. The third kappa shape index (κ3) is 2.74. The van der Waals surface area contributed by atoms with E-state index < -0.39 is 5.97 Å². The molecule has 3 aromatic rings. The van der Waals surface area contributed by atoms with E-state index in [-0.39, 0.29) is 12.4 Å². The van der Waals surface area contributed by atoms with Crippen molar-refractivity contribution < 1.29 is 23.5 Å². The number of ether oxygens (including phenoxy) is 1. The Hall–Kier alpha value is -2.76. The first kappa shape index (κ1) is 13.2. The lowest BCUT2D eigenvalue weighted by molar-refractivity contribution is 0.0658. The lowest BCUT2D eigenvalue weighted by Crippen LogP contribution is -1.95. The summed E-state index contributed by atoms with van der Waals surface area (Å²) in [5.41, 5.74) is 1.44. The van der Waals surface area contributed by atoms with E-state index in [0.29, 0.717) is 23.0 Å². The molecule has 0 fully saturated rings. The highest BCUT2D eigenvalue weighted by molar-refractivity contribution is 5.84. The van der Waals surface area contributed by atoms with Gasteiger partial charge in [0.25, 0.3) is 0 Å². The molecule has 0 radical (unpaired) electrons. The van der Waals surface area contributed by atoms with E-state index in [1.54, 1.807) is 18.2 Å². The molecule has 0 aliphatic heterocycles. The van der Waals surface area contributed by atoms with Crippen LogP contribution in [0.1, 0.15) is 29.1 Å². The number of carbonyl (C=O) groups is 1. The molecular formula is C15H13NO5. The van der Waals surface area contributed by atoms with Crippen molar-refractivity contribution in [1.29, 1.82) is 0 Å². The van der Waals surface area contributed by atoms with Crippen LogP contribution in [0, 0.1) is 0 Å². The van der Waals surface area contributed by atoms with Gasteiger partial charge in [0.05, 0.1) is 0 Å². The van der Waals surface area contributed by atoms with Crippen LogP contribution in [-0.4, -0.2) is 16.1 Å². The minimum atomic E-state index is -1.10. The van der Waals surface area contributed by atoms with Crippen LogP contribution < -0.4 is 4.74 Å². The topological polar surface area (TPSA) is 85.7 Å². The molecule has 0 atom stereocenters. The van der Waals surface area contributed by atoms with E-state index >= 15 is 0 Å². The number of nitrogens with zero attached hydrogens (tertiary/aromatic N) is 1. The Balaban J connectivity index is 1.73. The van der Waals surface area contributed by atoms with Gasteiger partial charge in [0, 0.05) is 12.5 Å². The molecule has 1 N–H and O–H groups in total. The molecule has 0 unspecified atom stereocenters. The molecule has 0 bridgehead atoms. The first-order chi connectivity index (χ1) is 10.2. The maximum atomic E-state index is 10.7. The van der Waals surface area contributed by atoms with Crippen LogP contribution in [0.25, 0.3) is 11.1 Å². The van der Waals surface area contributed by atoms with Crippen molar-refractivity contribution in [3.8, 4) is 5.75 Å². The Labute approximate surface area is 120 Å². The first-order valence-corrected chi connectivity index (χ1v) is 6.50. The molecule has 1 aromatic carbocycles. The second-order valence-corrected chi connectivity index (χ2v) is 4.45. The molecule has 0 spiro atoms. The van der Waals surface area contributed by atoms with Crippen molar-refractivity contribution in [3.63, 3.8) is 0 Å². The van der Waals surface area contributed by atoms with E-state index in [4.69, 9.17) is 18.7 Å². The van der Waals surface area contributed by atoms with E-state index in [1.165, 1.54) is 6.07 Å². The highest BCUT2D eigenvalue weighted by Gasteiger charge is 2.10. The Morgan fingerprint density at radius 2 is 2.14 bits per heavy atom. The summed E-state index contributed by atoms with van der Waals surface area (Å²) in [6.07, 6.45) is 0.731. The predicted octanol–water partition coefficient (Wildman–Crippen LogP) is 3.26. The zero-order chi connectivity index (χ0) is 14.8. The summed E-state index contributed by atoms with van der Waals surface area (Å²) < 4.78 is 16.2. The molecule has 0 aliphatic rings. The summed E-state index contributed by atoms with van der Waals surface area (Å²) in [4.78, 5) is 15.0. The van der Waals surface area contributed by atoms with E-state index in [9.17, 15) is 4.79 Å². The highest BCUT2D eigenvalue weighted by Crippen LogP contribution is 2.23. The molecule has 0 saturated carbocycles. The van der Waals surface area contributed by atoms with Crippen molar-refractivity contribution >= 4 is 17.1 Å². The quantitative estimate of drug-likeness (QED) is 0.775. The minimum absolute atomic E-state index is 0.105. The van der Waals surface area contributed by atoms with E-state index in [0.717, 1.165) is 11.9 Å². The minimum Gasteiger partial charge on any atom is -0.486 e. The second kappa shape index (κ2) is 5.32. The van der Waals surface area contributed by atoms with Gasteiger partial charge in [0.2, 0.25) is 5.76 Å². The fourth-order valence-electron chi connectivity index (χ4n) is 1.92. The summed E-state index contributed by atoms with van der Waals surface area (Å²) in [6, 6.07) is 8.33. The number of oxazole rings is 1. The van der Waals surface area contributed by atoms with Gasteiger partial charge in [-0.1, -0.05) is 6.92 Å². The Morgan fingerprint density at radius 3 is 2.86 bits per heavy atom. The predicted molar refractivity (Wildman–Crippen MR) is 73.4 cm³/mol. The number of furan rings is 1. The molecular weight excluding hydrogens is 274 g/mol. The number of carboxylic acid groups (broad SMARTS) is 1. The van der Waals surface area contributed by atoms with Crippen LogP contribution in [0.2, 0.25) is 0 Å². The number of fused-ring (bicyclic) bond motifs is 1. The van der Waals surface area contributed by atoms with E-state index in [2.05, 4.69) is 4.98 Å². The fraction of sp³-hybridized carbons (Fsp3) is 0.200. The third-order valence-corrected chi connectivity index (χ3v) is 2.96. The molecule has 2 heterocycles. The number of aromatic nitrogens is 1. The Kier molecular flexibility index (Phi) is 3.35. The number of aromatic carboxylic acids is 1. The number of hydrogen-bond acceptors (Lipinski definition) is 5. The molecule has 21 heavy (non-hydrogen) atoms. The SMILES string of the molecule is CCc1nc2ccc(OCc3ccc(C(=O)O)o3)cc2o1. The van der Waals surface area contributed by atoms with Crippen LogP contribution >= 0.6 is 0 Å². The maximum absolute atomic E-state index is 10.7. The molecule has 108 valence electrons. The van der Waals surface area contributed by atoms with E-state index in [1.807, 2.05) is 13.0 Å². The number of rotatable bonds is 5. The Bertz CT molecular complexity index is 786. The standard InChI is InChI=1S/C15H13NO5/c1-2-14-16-11-5-3-9(7-13(11)21-14)19-8-10-4-6-12(20-10)15(17)18/h3-7H,2,8H2,1H3,(H,17,18). The van der Waals surface area contributed by atoms with Gasteiger partial charge in [0.15, 0.2) is 11.5 Å². The van der Waals surface area contributed by atoms with Crippen LogP contribution in [-0.2, 0) is 13.0 Å². The summed E-state index contributed by atoms with van der Waals surface area (Å²) in [6.45, 7) is 2.12. The van der Waals surface area contributed by atoms with Gasteiger partial charge < -0.3 is 18.7 Å². The molecule has 0 saturated heterocycles. The first-order valence-electron chi connectivity index (χ1n) is 6.50. The van der Waals surface area contributed by atoms with Crippen molar-refractivity contribution in [2.24, 2.45) is 0 Å². The van der Waals surface area contributed by atoms with Crippen LogP contribution in [0.15, 0.2) is 39.2 Å². The second-order valence-electron chi connectivity index (χ2n) is 4.45. The van der Waals surface area contributed by atoms with Crippen molar-refractivity contribution in [3.05, 3.63) is 47.7 Å². The summed E-state index contributed by atoms with van der Waals surface area (Å²) in [5.74, 6) is 0.525. The Morgan fingerprint density at radius 1 is 1.29 bits per heavy atom. The van der Waals surface area contributed by atoms with Gasteiger partial charge in [-0.15, -0.1) is 0 Å². The molecule has 0 amide bonds. The number of benzene rings is 1. The van der Waals surface area contributed by atoms with Crippen LogP contribution in [0.3, 0.4) is 0 Å². The number of hydrogen-bond donors (Lipinski definition) is 1. The monoisotopic (exact) mass is 287 g/mol. The molecule has 0 aliphatic carbocycles. The highest BCUT2D eigenvalue weighted by atomic mass is 16.5. The van der Waals surface area contributed by atoms with Crippen LogP contribution in [0.5, 0.6) is 5.75 Å². The smallest absolute Gasteiger partial charge is 0.371 e. The third-order valence-electron chi connectivity index (χ3n) is 2.96. The van der Waals surface area contributed by atoms with Gasteiger partial charge in [0.1, 0.15) is 23.6 Å². The summed E-state index contributed by atoms with van der Waals surface area (Å²) >= 11 is 0. The molecule has 2 aromatic heterocycles. The van der Waals surface area contributed by atoms with Crippen molar-refractivity contribution in [2.75, 3.05) is 0 Å². The van der Waals surface area contributed by atoms with Crippen LogP contribution in [0.4, 0.5) is 0 Å². The number of aryl methyl sites for hydroxylation is 1. The lowest BCUT2D eigenvalue weighted by Gasteiger charge is -2.03. The fourth-order valence-corrected chi connectivity index (χ4v) is 1.92. The van der Waals surface area contributed by atoms with Crippen molar-refractivity contribution in [1.82, 2.24) is 4.98 Å². The average molecular weight is 287 g/mol. The van der Waals surface area contributed by atoms with Gasteiger partial charge in [-0.05, 0) is 24.3 Å². The normalized spacial score (nSPS) is 10.9. The lowest BCUT2D eigenvalue weighted by atomic mass is 10.3. The molecule has 6 heteroatoms.